The van der Waals surface area contributed by atoms with E-state index >= 15 is 0 Å². The highest BCUT2D eigenvalue weighted by molar-refractivity contribution is 6.36. The Kier molecular flexibility index (Phi) is 2.24. The number of aromatic nitrogens is 3. The van der Waals surface area contributed by atoms with Gasteiger partial charge >= 0.3 is 0 Å². The van der Waals surface area contributed by atoms with Gasteiger partial charge in [0.1, 0.15) is 10.3 Å². The standard InChI is InChI=1S/C7H2Cl3N3/c8-5-1-3-4(2-11-5)12-7(10)13-6(3)9/h1-2H. The van der Waals surface area contributed by atoms with Crippen molar-refractivity contribution in [3.8, 4) is 0 Å². The van der Waals surface area contributed by atoms with Crippen molar-refractivity contribution < 1.29 is 0 Å². The lowest BCUT2D eigenvalue weighted by Crippen LogP contribution is -1.87. The molecule has 0 saturated carbocycles. The first-order valence-electron chi connectivity index (χ1n) is 3.31. The first kappa shape index (κ1) is 8.94. The van der Waals surface area contributed by atoms with E-state index in [1.165, 1.54) is 6.20 Å². The minimum absolute atomic E-state index is 0.0987. The van der Waals surface area contributed by atoms with Crippen LogP contribution in [-0.4, -0.2) is 15.0 Å². The fourth-order valence-electron chi connectivity index (χ4n) is 0.943. The van der Waals surface area contributed by atoms with Gasteiger partial charge in [-0.2, -0.15) is 0 Å². The van der Waals surface area contributed by atoms with Gasteiger partial charge in [0.2, 0.25) is 5.28 Å². The van der Waals surface area contributed by atoms with Gasteiger partial charge in [-0.1, -0.05) is 23.2 Å². The molecule has 0 aliphatic rings. The Hall–Kier alpha value is -0.640. The van der Waals surface area contributed by atoms with Crippen LogP contribution in [0.25, 0.3) is 10.9 Å². The average molecular weight is 234 g/mol. The lowest BCUT2D eigenvalue weighted by atomic mass is 10.3. The van der Waals surface area contributed by atoms with Crippen LogP contribution in [0.5, 0.6) is 0 Å². The summed E-state index contributed by atoms with van der Waals surface area (Å²) in [5.41, 5.74) is 0.578. The van der Waals surface area contributed by atoms with E-state index in [9.17, 15) is 0 Å². The van der Waals surface area contributed by atoms with Gasteiger partial charge in [-0.15, -0.1) is 0 Å². The molecule has 2 aromatic heterocycles. The fraction of sp³-hybridized carbons (Fsp3) is 0. The largest absolute Gasteiger partial charge is 0.242 e. The SMILES string of the molecule is Clc1cc2c(Cl)nc(Cl)nc2cn1. The van der Waals surface area contributed by atoms with Crippen LogP contribution in [0, 0.1) is 0 Å². The Bertz CT molecular complexity index is 472. The molecular formula is C7H2Cl3N3. The van der Waals surface area contributed by atoms with Crippen molar-refractivity contribution in [2.45, 2.75) is 0 Å². The third-order valence-electron chi connectivity index (χ3n) is 1.47. The third kappa shape index (κ3) is 1.68. The molecule has 0 unspecified atom stereocenters. The van der Waals surface area contributed by atoms with Crippen LogP contribution in [0.4, 0.5) is 0 Å². The van der Waals surface area contributed by atoms with Gasteiger partial charge in [-0.25, -0.2) is 15.0 Å². The molecule has 0 amide bonds. The first-order chi connectivity index (χ1) is 6.16. The van der Waals surface area contributed by atoms with Gasteiger partial charge in [0.25, 0.3) is 0 Å². The second-order valence-electron chi connectivity index (χ2n) is 2.31. The van der Waals surface area contributed by atoms with Gasteiger partial charge in [0.05, 0.1) is 11.7 Å². The van der Waals surface area contributed by atoms with E-state index in [1.54, 1.807) is 6.07 Å². The molecule has 0 aliphatic heterocycles. The van der Waals surface area contributed by atoms with E-state index in [0.717, 1.165) is 0 Å². The lowest BCUT2D eigenvalue weighted by Gasteiger charge is -1.99. The van der Waals surface area contributed by atoms with Crippen LogP contribution in [0.3, 0.4) is 0 Å². The molecule has 0 atom stereocenters. The van der Waals surface area contributed by atoms with Crippen LogP contribution < -0.4 is 0 Å². The van der Waals surface area contributed by atoms with Crippen molar-refractivity contribution in [2.75, 3.05) is 0 Å². The van der Waals surface area contributed by atoms with Crippen LogP contribution in [-0.2, 0) is 0 Å². The maximum Gasteiger partial charge on any atom is 0.224 e. The van der Waals surface area contributed by atoms with E-state index < -0.39 is 0 Å². The Labute approximate surface area is 88.7 Å². The summed E-state index contributed by atoms with van der Waals surface area (Å²) in [6.45, 7) is 0. The van der Waals surface area contributed by atoms with Crippen LogP contribution in [0.15, 0.2) is 12.3 Å². The molecule has 0 aliphatic carbocycles. The average Bonchev–Trinajstić information content (AvgIpc) is 2.06. The highest BCUT2D eigenvalue weighted by atomic mass is 35.5. The molecule has 0 bridgehead atoms. The van der Waals surface area contributed by atoms with Gasteiger partial charge < -0.3 is 0 Å². The molecule has 3 nitrogen and oxygen atoms in total. The van der Waals surface area contributed by atoms with Crippen LogP contribution >= 0.6 is 34.8 Å². The maximum absolute atomic E-state index is 5.81. The number of rotatable bonds is 0. The molecule has 0 saturated heterocycles. The normalized spacial score (nSPS) is 10.7. The zero-order chi connectivity index (χ0) is 9.42. The van der Waals surface area contributed by atoms with Crippen molar-refractivity contribution >= 4 is 45.7 Å². The number of hydrogen-bond donors (Lipinski definition) is 0. The molecule has 0 spiro atoms. The molecule has 2 aromatic rings. The number of fused-ring (bicyclic) bond motifs is 1. The van der Waals surface area contributed by atoms with E-state index in [-0.39, 0.29) is 10.4 Å². The molecule has 0 aromatic carbocycles. The monoisotopic (exact) mass is 233 g/mol. The summed E-state index contributed by atoms with van der Waals surface area (Å²) >= 11 is 17.1. The Morgan fingerprint density at radius 3 is 2.62 bits per heavy atom. The Balaban J connectivity index is 2.87. The molecule has 0 fully saturated rings. The minimum Gasteiger partial charge on any atom is -0.242 e. The van der Waals surface area contributed by atoms with Gasteiger partial charge in [-0.05, 0) is 17.7 Å². The molecule has 6 heteroatoms. The summed E-state index contributed by atoms with van der Waals surface area (Å²) < 4.78 is 0. The minimum atomic E-state index is 0.0987. The highest BCUT2D eigenvalue weighted by Crippen LogP contribution is 2.23. The molecule has 0 N–H and O–H groups in total. The number of halogens is 3. The first-order valence-corrected chi connectivity index (χ1v) is 4.44. The van der Waals surface area contributed by atoms with Crippen molar-refractivity contribution in [1.29, 1.82) is 0 Å². The summed E-state index contributed by atoms with van der Waals surface area (Å²) in [6.07, 6.45) is 1.50. The second-order valence-corrected chi connectivity index (χ2v) is 3.39. The van der Waals surface area contributed by atoms with Gasteiger partial charge in [0, 0.05) is 5.39 Å². The van der Waals surface area contributed by atoms with Crippen LogP contribution in [0.2, 0.25) is 15.6 Å². The number of hydrogen-bond acceptors (Lipinski definition) is 3. The predicted octanol–water partition coefficient (Wildman–Crippen LogP) is 2.99. The van der Waals surface area contributed by atoms with E-state index in [1.807, 2.05) is 0 Å². The molecule has 2 rings (SSSR count). The zero-order valence-corrected chi connectivity index (χ0v) is 8.40. The smallest absolute Gasteiger partial charge is 0.224 e. The predicted molar refractivity (Wildman–Crippen MR) is 52.4 cm³/mol. The van der Waals surface area contributed by atoms with Crippen molar-refractivity contribution in [1.82, 2.24) is 15.0 Å². The highest BCUT2D eigenvalue weighted by Gasteiger charge is 2.05. The summed E-state index contributed by atoms with van der Waals surface area (Å²) in [6, 6.07) is 1.59. The van der Waals surface area contributed by atoms with E-state index in [4.69, 9.17) is 34.8 Å². The third-order valence-corrected chi connectivity index (χ3v) is 2.14. The van der Waals surface area contributed by atoms with E-state index in [2.05, 4.69) is 15.0 Å². The van der Waals surface area contributed by atoms with Crippen molar-refractivity contribution in [3.05, 3.63) is 27.9 Å². The van der Waals surface area contributed by atoms with Crippen molar-refractivity contribution in [3.63, 3.8) is 0 Å². The summed E-state index contributed by atoms with van der Waals surface area (Å²) in [7, 11) is 0. The van der Waals surface area contributed by atoms with Gasteiger partial charge in [0.15, 0.2) is 0 Å². The summed E-state index contributed by atoms with van der Waals surface area (Å²) in [5.74, 6) is 0. The number of nitrogens with zero attached hydrogens (tertiary/aromatic N) is 3. The molecule has 0 radical (unpaired) electrons. The summed E-state index contributed by atoms with van der Waals surface area (Å²) in [4.78, 5) is 11.5. The summed E-state index contributed by atoms with van der Waals surface area (Å²) in [5, 5.41) is 1.37. The molecular weight excluding hydrogens is 232 g/mol. The zero-order valence-electron chi connectivity index (χ0n) is 6.13. The number of pyridine rings is 1. The second kappa shape index (κ2) is 3.25. The van der Waals surface area contributed by atoms with Crippen LogP contribution in [0.1, 0.15) is 0 Å². The maximum atomic E-state index is 5.81. The molecule has 2 heterocycles. The topological polar surface area (TPSA) is 38.7 Å². The Morgan fingerprint density at radius 1 is 1.08 bits per heavy atom. The van der Waals surface area contributed by atoms with Gasteiger partial charge in [-0.3, -0.25) is 0 Å². The van der Waals surface area contributed by atoms with Crippen molar-refractivity contribution in [2.24, 2.45) is 0 Å². The molecule has 66 valence electrons. The fourth-order valence-corrected chi connectivity index (χ4v) is 1.55. The molecule has 13 heavy (non-hydrogen) atoms. The quantitative estimate of drug-likeness (QED) is 0.400. The lowest BCUT2D eigenvalue weighted by molar-refractivity contribution is 1.20. The van der Waals surface area contributed by atoms with E-state index in [0.29, 0.717) is 16.1 Å². The Morgan fingerprint density at radius 2 is 1.85 bits per heavy atom.